The topological polar surface area (TPSA) is 52.6 Å². The third kappa shape index (κ3) is 4.02. The van der Waals surface area contributed by atoms with Crippen molar-refractivity contribution in [2.75, 3.05) is 14.2 Å². The zero-order valence-corrected chi connectivity index (χ0v) is 13.3. The number of ether oxygens (including phenoxy) is 2. The number of methoxy groups -OCH3 is 2. The minimum Gasteiger partial charge on any atom is -0.349 e. The molecule has 1 fully saturated rings. The number of carbonyl (C=O) groups is 2. The van der Waals surface area contributed by atoms with Crippen molar-refractivity contribution < 1.29 is 19.1 Å². The van der Waals surface area contributed by atoms with E-state index in [1.165, 1.54) is 19.8 Å². The van der Waals surface area contributed by atoms with Crippen molar-refractivity contribution in [3.63, 3.8) is 0 Å². The lowest BCUT2D eigenvalue weighted by atomic mass is 9.76. The fraction of sp³-hybridized carbons (Fsp3) is 0.556. The number of aryl methyl sites for hydroxylation is 1. The molecule has 1 aromatic rings. The highest BCUT2D eigenvalue weighted by Crippen LogP contribution is 2.30. The molecule has 1 aromatic carbocycles. The largest absolute Gasteiger partial charge is 0.349 e. The first-order valence-corrected chi connectivity index (χ1v) is 7.84. The van der Waals surface area contributed by atoms with Crippen molar-refractivity contribution in [1.82, 2.24) is 0 Å². The van der Waals surface area contributed by atoms with Crippen LogP contribution in [0.5, 0.6) is 0 Å². The predicted octanol–water partition coefficient (Wildman–Crippen LogP) is 2.79. The lowest BCUT2D eigenvalue weighted by Crippen LogP contribution is -2.40. The standard InChI is InChI=1S/C18H24O4/c1-21-18(22-2)17(20)15-10-6-9-14(16(15)19)12-11-13-7-4-3-5-8-13/h3-5,7-8,14-15,18H,6,9-12H2,1-2H3/t14-,15+/m1/s1. The third-order valence-corrected chi connectivity index (χ3v) is 4.42. The quantitative estimate of drug-likeness (QED) is 0.574. The first-order valence-electron chi connectivity index (χ1n) is 7.84. The summed E-state index contributed by atoms with van der Waals surface area (Å²) in [5, 5.41) is 0. The Morgan fingerprint density at radius 3 is 2.50 bits per heavy atom. The second-order valence-corrected chi connectivity index (χ2v) is 5.81. The van der Waals surface area contributed by atoms with Crippen LogP contribution in [0.2, 0.25) is 0 Å². The zero-order valence-electron chi connectivity index (χ0n) is 13.3. The molecule has 1 aliphatic carbocycles. The maximum Gasteiger partial charge on any atom is 0.218 e. The molecule has 1 aliphatic rings. The molecular weight excluding hydrogens is 280 g/mol. The molecule has 2 atom stereocenters. The summed E-state index contributed by atoms with van der Waals surface area (Å²) < 4.78 is 10.0. The van der Waals surface area contributed by atoms with E-state index in [-0.39, 0.29) is 17.5 Å². The van der Waals surface area contributed by atoms with Gasteiger partial charge in [-0.25, -0.2) is 0 Å². The molecule has 1 saturated carbocycles. The Balaban J connectivity index is 1.96. The van der Waals surface area contributed by atoms with Gasteiger partial charge in [-0.15, -0.1) is 0 Å². The third-order valence-electron chi connectivity index (χ3n) is 4.42. The first kappa shape index (κ1) is 16.8. The molecule has 0 bridgehead atoms. The molecule has 120 valence electrons. The number of benzene rings is 1. The Morgan fingerprint density at radius 1 is 1.18 bits per heavy atom. The van der Waals surface area contributed by atoms with Crippen LogP contribution < -0.4 is 0 Å². The monoisotopic (exact) mass is 304 g/mol. The number of rotatable bonds is 7. The molecule has 4 nitrogen and oxygen atoms in total. The summed E-state index contributed by atoms with van der Waals surface area (Å²) in [5.41, 5.74) is 1.23. The van der Waals surface area contributed by atoms with E-state index in [0.29, 0.717) is 6.42 Å². The normalized spacial score (nSPS) is 22.0. The van der Waals surface area contributed by atoms with Crippen molar-refractivity contribution in [2.24, 2.45) is 11.8 Å². The Kier molecular flexibility index (Phi) is 6.28. The van der Waals surface area contributed by atoms with Gasteiger partial charge in [0.15, 0.2) is 5.78 Å². The van der Waals surface area contributed by atoms with Crippen LogP contribution >= 0.6 is 0 Å². The van der Waals surface area contributed by atoms with E-state index in [0.717, 1.165) is 25.7 Å². The van der Waals surface area contributed by atoms with Gasteiger partial charge in [-0.2, -0.15) is 0 Å². The van der Waals surface area contributed by atoms with Gasteiger partial charge in [0, 0.05) is 20.1 Å². The van der Waals surface area contributed by atoms with Crippen LogP contribution in [0.1, 0.15) is 31.2 Å². The van der Waals surface area contributed by atoms with Gasteiger partial charge in [0.25, 0.3) is 0 Å². The predicted molar refractivity (Wildman–Crippen MR) is 83.4 cm³/mol. The van der Waals surface area contributed by atoms with Crippen LogP contribution in [-0.4, -0.2) is 32.1 Å². The highest BCUT2D eigenvalue weighted by atomic mass is 16.7. The van der Waals surface area contributed by atoms with Crippen molar-refractivity contribution in [3.8, 4) is 0 Å². The molecule has 0 radical (unpaired) electrons. The molecule has 0 aliphatic heterocycles. The van der Waals surface area contributed by atoms with E-state index in [4.69, 9.17) is 9.47 Å². The molecule has 22 heavy (non-hydrogen) atoms. The van der Waals surface area contributed by atoms with E-state index in [9.17, 15) is 9.59 Å². The molecule has 0 spiro atoms. The van der Waals surface area contributed by atoms with E-state index in [1.807, 2.05) is 18.2 Å². The van der Waals surface area contributed by atoms with Gasteiger partial charge < -0.3 is 9.47 Å². The number of hydrogen-bond donors (Lipinski definition) is 0. The summed E-state index contributed by atoms with van der Waals surface area (Å²) >= 11 is 0. The Bertz CT molecular complexity index is 493. The van der Waals surface area contributed by atoms with Crippen molar-refractivity contribution >= 4 is 11.6 Å². The lowest BCUT2D eigenvalue weighted by Gasteiger charge is -2.28. The van der Waals surface area contributed by atoms with Crippen molar-refractivity contribution in [1.29, 1.82) is 0 Å². The van der Waals surface area contributed by atoms with Gasteiger partial charge in [0.2, 0.25) is 6.29 Å². The van der Waals surface area contributed by atoms with E-state index in [2.05, 4.69) is 12.1 Å². The molecule has 2 rings (SSSR count). The van der Waals surface area contributed by atoms with E-state index in [1.54, 1.807) is 0 Å². The van der Waals surface area contributed by atoms with Crippen molar-refractivity contribution in [3.05, 3.63) is 35.9 Å². The average Bonchev–Trinajstić information content (AvgIpc) is 2.56. The number of ketones is 2. The van der Waals surface area contributed by atoms with Gasteiger partial charge in [0.1, 0.15) is 5.78 Å². The molecular formula is C18H24O4. The summed E-state index contributed by atoms with van der Waals surface area (Å²) in [6.07, 6.45) is 3.14. The molecule has 0 N–H and O–H groups in total. The first-order chi connectivity index (χ1) is 10.7. The molecule has 0 heterocycles. The van der Waals surface area contributed by atoms with Crippen LogP contribution in [0, 0.1) is 11.8 Å². The van der Waals surface area contributed by atoms with Crippen LogP contribution in [0.25, 0.3) is 0 Å². The highest BCUT2D eigenvalue weighted by Gasteiger charge is 2.38. The smallest absolute Gasteiger partial charge is 0.218 e. The summed E-state index contributed by atoms with van der Waals surface area (Å²) in [7, 11) is 2.85. The summed E-state index contributed by atoms with van der Waals surface area (Å²) in [4.78, 5) is 24.9. The Morgan fingerprint density at radius 2 is 1.86 bits per heavy atom. The molecule has 4 heteroatoms. The zero-order chi connectivity index (χ0) is 15.9. The van der Waals surface area contributed by atoms with Gasteiger partial charge in [-0.3, -0.25) is 9.59 Å². The molecule has 0 unspecified atom stereocenters. The minimum atomic E-state index is -0.929. The molecule has 0 aromatic heterocycles. The maximum atomic E-state index is 12.6. The van der Waals surface area contributed by atoms with Crippen LogP contribution in [0.15, 0.2) is 30.3 Å². The van der Waals surface area contributed by atoms with Gasteiger partial charge in [-0.1, -0.05) is 36.8 Å². The minimum absolute atomic E-state index is 0.0303. The second kappa shape index (κ2) is 8.20. The fourth-order valence-electron chi connectivity index (χ4n) is 3.18. The highest BCUT2D eigenvalue weighted by molar-refractivity contribution is 6.05. The molecule has 0 amide bonds. The van der Waals surface area contributed by atoms with Gasteiger partial charge in [0.05, 0.1) is 5.92 Å². The van der Waals surface area contributed by atoms with Crippen molar-refractivity contribution in [2.45, 2.75) is 38.4 Å². The van der Waals surface area contributed by atoms with Crippen LogP contribution in [0.3, 0.4) is 0 Å². The number of carbonyl (C=O) groups excluding carboxylic acids is 2. The maximum absolute atomic E-state index is 12.6. The summed E-state index contributed by atoms with van der Waals surface area (Å²) in [6.45, 7) is 0. The summed E-state index contributed by atoms with van der Waals surface area (Å²) in [6, 6.07) is 10.1. The van der Waals surface area contributed by atoms with Gasteiger partial charge >= 0.3 is 0 Å². The number of hydrogen-bond acceptors (Lipinski definition) is 4. The van der Waals surface area contributed by atoms with E-state index >= 15 is 0 Å². The van der Waals surface area contributed by atoms with E-state index < -0.39 is 12.2 Å². The lowest BCUT2D eigenvalue weighted by molar-refractivity contribution is -0.164. The van der Waals surface area contributed by atoms with Crippen LogP contribution in [0.4, 0.5) is 0 Å². The Hall–Kier alpha value is -1.52. The SMILES string of the molecule is COC(OC)C(=O)[C@H]1CCC[C@H](CCc2ccccc2)C1=O. The Labute approximate surface area is 131 Å². The summed E-state index contributed by atoms with van der Waals surface area (Å²) in [5.74, 6) is -0.776. The number of Topliss-reactive ketones (excluding diaryl/α,β-unsaturated/α-hetero) is 2. The fourth-order valence-corrected chi connectivity index (χ4v) is 3.18. The molecule has 0 saturated heterocycles. The second-order valence-electron chi connectivity index (χ2n) is 5.81. The van der Waals surface area contributed by atoms with Gasteiger partial charge in [-0.05, 0) is 31.2 Å². The van der Waals surface area contributed by atoms with Crippen LogP contribution in [-0.2, 0) is 25.5 Å². The average molecular weight is 304 g/mol.